The van der Waals surface area contributed by atoms with Crippen LogP contribution in [0.25, 0.3) is 10.9 Å². The number of fused-ring (bicyclic) bond motifs is 1. The number of aryl methyl sites for hydroxylation is 1. The molecule has 0 fully saturated rings. The molecule has 106 valence electrons. The number of carboxylic acid groups (broad SMARTS) is 1. The highest BCUT2D eigenvalue weighted by Gasteiger charge is 2.10. The Labute approximate surface area is 119 Å². The van der Waals surface area contributed by atoms with Crippen molar-refractivity contribution in [3.05, 3.63) is 64.2 Å². The van der Waals surface area contributed by atoms with Crippen molar-refractivity contribution in [1.29, 1.82) is 0 Å². The van der Waals surface area contributed by atoms with E-state index in [1.807, 2.05) is 31.3 Å². The molecule has 2 heterocycles. The lowest BCUT2D eigenvalue weighted by Crippen LogP contribution is -2.21. The minimum Gasteiger partial charge on any atom is -0.478 e. The molecule has 1 N–H and O–H groups in total. The van der Waals surface area contributed by atoms with Crippen molar-refractivity contribution in [3.8, 4) is 0 Å². The second-order valence-corrected chi connectivity index (χ2v) is 4.77. The van der Waals surface area contributed by atoms with Crippen LogP contribution in [0.1, 0.15) is 16.1 Å². The Hall–Kier alpha value is -2.89. The summed E-state index contributed by atoms with van der Waals surface area (Å²) in [5.74, 6) is -1.11. The van der Waals surface area contributed by atoms with Crippen LogP contribution in [0.15, 0.2) is 47.4 Å². The fourth-order valence-electron chi connectivity index (χ4n) is 2.34. The third kappa shape index (κ3) is 2.31. The number of aromatic carboxylic acids is 1. The third-order valence-corrected chi connectivity index (χ3v) is 3.40. The Bertz CT molecular complexity index is 893. The van der Waals surface area contributed by atoms with Gasteiger partial charge in [0.15, 0.2) is 0 Å². The van der Waals surface area contributed by atoms with Gasteiger partial charge in [-0.15, -0.1) is 0 Å². The van der Waals surface area contributed by atoms with Gasteiger partial charge in [-0.25, -0.2) is 4.79 Å². The first-order chi connectivity index (χ1) is 10.1. The van der Waals surface area contributed by atoms with Crippen LogP contribution in [0.3, 0.4) is 0 Å². The summed E-state index contributed by atoms with van der Waals surface area (Å²) in [6, 6.07) is 10.3. The van der Waals surface area contributed by atoms with E-state index in [9.17, 15) is 9.59 Å². The van der Waals surface area contributed by atoms with Crippen molar-refractivity contribution >= 4 is 16.9 Å². The van der Waals surface area contributed by atoms with Crippen LogP contribution >= 0.6 is 0 Å². The number of nitrogens with zero attached hydrogens (tertiary/aromatic N) is 3. The molecule has 3 rings (SSSR count). The summed E-state index contributed by atoms with van der Waals surface area (Å²) in [7, 11) is 1.85. The van der Waals surface area contributed by atoms with Crippen molar-refractivity contribution in [3.63, 3.8) is 0 Å². The number of pyridine rings is 1. The quantitative estimate of drug-likeness (QED) is 0.790. The summed E-state index contributed by atoms with van der Waals surface area (Å²) in [5.41, 5.74) is 1.40. The fourth-order valence-corrected chi connectivity index (χ4v) is 2.34. The number of rotatable bonds is 3. The second kappa shape index (κ2) is 4.90. The van der Waals surface area contributed by atoms with Crippen molar-refractivity contribution < 1.29 is 9.90 Å². The average molecular weight is 283 g/mol. The zero-order valence-corrected chi connectivity index (χ0v) is 11.4. The van der Waals surface area contributed by atoms with Crippen molar-refractivity contribution in [2.24, 2.45) is 7.05 Å². The molecule has 0 saturated carbocycles. The van der Waals surface area contributed by atoms with Gasteiger partial charge in [0.2, 0.25) is 0 Å². The number of aromatic nitrogens is 3. The molecule has 0 amide bonds. The van der Waals surface area contributed by atoms with Gasteiger partial charge in [-0.2, -0.15) is 5.10 Å². The molecular weight excluding hydrogens is 270 g/mol. The molecule has 21 heavy (non-hydrogen) atoms. The Morgan fingerprint density at radius 2 is 2.05 bits per heavy atom. The van der Waals surface area contributed by atoms with E-state index < -0.39 is 5.97 Å². The highest BCUT2D eigenvalue weighted by atomic mass is 16.4. The molecule has 0 unspecified atom stereocenters. The lowest BCUT2D eigenvalue weighted by atomic mass is 10.2. The van der Waals surface area contributed by atoms with Crippen LogP contribution in [0.5, 0.6) is 0 Å². The van der Waals surface area contributed by atoms with Crippen LogP contribution in [-0.4, -0.2) is 25.4 Å². The predicted molar refractivity (Wildman–Crippen MR) is 77.5 cm³/mol. The van der Waals surface area contributed by atoms with Crippen LogP contribution in [-0.2, 0) is 13.6 Å². The summed E-state index contributed by atoms with van der Waals surface area (Å²) in [6.07, 6.45) is 1.48. The van der Waals surface area contributed by atoms with E-state index in [1.54, 1.807) is 4.68 Å². The standard InChI is InChI=1S/C15H13N3O3/c1-17-13-5-3-2-4-11(13)12(16-17)9-18-7-6-10(15(20)21)8-14(18)19/h2-8H,9H2,1H3,(H,20,21). The van der Waals surface area contributed by atoms with E-state index in [-0.39, 0.29) is 11.1 Å². The van der Waals surface area contributed by atoms with Crippen molar-refractivity contribution in [1.82, 2.24) is 14.3 Å². The van der Waals surface area contributed by atoms with Crippen LogP contribution < -0.4 is 5.56 Å². The Morgan fingerprint density at radius 1 is 1.29 bits per heavy atom. The first-order valence-corrected chi connectivity index (χ1v) is 6.40. The first kappa shape index (κ1) is 13.1. The number of carbonyl (C=O) groups is 1. The molecule has 0 bridgehead atoms. The molecule has 0 atom stereocenters. The Balaban J connectivity index is 2.03. The summed E-state index contributed by atoms with van der Waals surface area (Å²) >= 11 is 0. The molecule has 0 aliphatic heterocycles. The van der Waals surface area contributed by atoms with Gasteiger partial charge < -0.3 is 9.67 Å². The number of hydrogen-bond acceptors (Lipinski definition) is 3. The largest absolute Gasteiger partial charge is 0.478 e. The molecule has 1 aromatic carbocycles. The van der Waals surface area contributed by atoms with Crippen LogP contribution in [0, 0.1) is 0 Å². The van der Waals surface area contributed by atoms with Gasteiger partial charge in [-0.1, -0.05) is 18.2 Å². The number of hydrogen-bond donors (Lipinski definition) is 1. The van der Waals surface area contributed by atoms with Crippen LogP contribution in [0.4, 0.5) is 0 Å². The van der Waals surface area contributed by atoms with Gasteiger partial charge in [0.05, 0.1) is 23.3 Å². The zero-order chi connectivity index (χ0) is 15.0. The van der Waals surface area contributed by atoms with E-state index in [2.05, 4.69) is 5.10 Å². The summed E-state index contributed by atoms with van der Waals surface area (Å²) in [6.45, 7) is 0.306. The molecule has 3 aromatic rings. The SMILES string of the molecule is Cn1nc(Cn2ccc(C(=O)O)cc2=O)c2ccccc21. The average Bonchev–Trinajstić information content (AvgIpc) is 2.78. The Morgan fingerprint density at radius 3 is 2.76 bits per heavy atom. The molecule has 6 heteroatoms. The molecule has 6 nitrogen and oxygen atoms in total. The van der Waals surface area contributed by atoms with Gasteiger partial charge >= 0.3 is 5.97 Å². The smallest absolute Gasteiger partial charge is 0.335 e. The van der Waals surface area contributed by atoms with E-state index >= 15 is 0 Å². The van der Waals surface area contributed by atoms with Gasteiger partial charge in [0, 0.05) is 24.7 Å². The molecule has 0 radical (unpaired) electrons. The van der Waals surface area contributed by atoms with Gasteiger partial charge in [-0.05, 0) is 12.1 Å². The molecular formula is C15H13N3O3. The molecule has 2 aromatic heterocycles. The topological polar surface area (TPSA) is 77.1 Å². The first-order valence-electron chi connectivity index (χ1n) is 6.40. The maximum atomic E-state index is 12.0. The lowest BCUT2D eigenvalue weighted by Gasteiger charge is -2.04. The maximum absolute atomic E-state index is 12.0. The number of para-hydroxylation sites is 1. The van der Waals surface area contributed by atoms with Gasteiger partial charge in [-0.3, -0.25) is 9.48 Å². The maximum Gasteiger partial charge on any atom is 0.335 e. The van der Waals surface area contributed by atoms with E-state index in [1.165, 1.54) is 16.8 Å². The monoisotopic (exact) mass is 283 g/mol. The number of carboxylic acids is 1. The predicted octanol–water partition coefficient (Wildman–Crippen LogP) is 1.48. The zero-order valence-electron chi connectivity index (χ0n) is 11.4. The summed E-state index contributed by atoms with van der Waals surface area (Å²) < 4.78 is 3.21. The fraction of sp³-hybridized carbons (Fsp3) is 0.133. The summed E-state index contributed by atoms with van der Waals surface area (Å²) in [5, 5.41) is 14.3. The van der Waals surface area contributed by atoms with Gasteiger partial charge in [0.1, 0.15) is 0 Å². The second-order valence-electron chi connectivity index (χ2n) is 4.77. The van der Waals surface area contributed by atoms with Crippen molar-refractivity contribution in [2.75, 3.05) is 0 Å². The number of benzene rings is 1. The third-order valence-electron chi connectivity index (χ3n) is 3.40. The van der Waals surface area contributed by atoms with E-state index in [0.29, 0.717) is 6.54 Å². The molecule has 0 spiro atoms. The Kier molecular flexibility index (Phi) is 3.06. The van der Waals surface area contributed by atoms with Crippen LogP contribution in [0.2, 0.25) is 0 Å². The summed E-state index contributed by atoms with van der Waals surface area (Å²) in [4.78, 5) is 22.8. The minimum atomic E-state index is -1.11. The van der Waals surface area contributed by atoms with Gasteiger partial charge in [0.25, 0.3) is 5.56 Å². The lowest BCUT2D eigenvalue weighted by molar-refractivity contribution is 0.0696. The van der Waals surface area contributed by atoms with E-state index in [0.717, 1.165) is 22.7 Å². The normalized spacial score (nSPS) is 10.9. The minimum absolute atomic E-state index is 0.0119. The molecule has 0 aliphatic carbocycles. The highest BCUT2D eigenvalue weighted by molar-refractivity contribution is 5.87. The van der Waals surface area contributed by atoms with Crippen molar-refractivity contribution in [2.45, 2.75) is 6.54 Å². The van der Waals surface area contributed by atoms with E-state index in [4.69, 9.17) is 5.11 Å². The highest BCUT2D eigenvalue weighted by Crippen LogP contribution is 2.17. The molecule has 0 saturated heterocycles. The molecule has 0 aliphatic rings.